The maximum atomic E-state index is 11.5. The van der Waals surface area contributed by atoms with Gasteiger partial charge in [-0.1, -0.05) is 30.3 Å². The summed E-state index contributed by atoms with van der Waals surface area (Å²) in [4.78, 5) is 22.9. The lowest BCUT2D eigenvalue weighted by molar-refractivity contribution is -0.122. The molecule has 0 atom stereocenters. The zero-order valence-corrected chi connectivity index (χ0v) is 12.3. The zero-order chi connectivity index (χ0) is 15.2. The monoisotopic (exact) mass is 285 g/mol. The summed E-state index contributed by atoms with van der Waals surface area (Å²) < 4.78 is 5.60. The molecule has 4 nitrogen and oxygen atoms in total. The number of aldehydes is 1. The fourth-order valence-electron chi connectivity index (χ4n) is 2.17. The van der Waals surface area contributed by atoms with Crippen molar-refractivity contribution in [2.75, 3.05) is 6.61 Å². The van der Waals surface area contributed by atoms with Crippen LogP contribution in [0.15, 0.2) is 36.4 Å². The fraction of sp³-hybridized carbons (Fsp3) is 0.294. The van der Waals surface area contributed by atoms with E-state index in [2.05, 4.69) is 5.32 Å². The van der Waals surface area contributed by atoms with Crippen LogP contribution in [-0.4, -0.2) is 24.8 Å². The third-order valence-electron chi connectivity index (χ3n) is 3.08. The standard InChI is InChI=1S/C17H19NO3/c1-12(2)18-17(20)9-10-21-16-8-7-13-5-3-4-6-14(13)15(16)11-19/h3-8,11-12H,9-10H2,1-2H3,(H,18,20). The molecule has 4 heteroatoms. The average Bonchev–Trinajstić information content (AvgIpc) is 2.46. The van der Waals surface area contributed by atoms with Gasteiger partial charge in [0.1, 0.15) is 5.75 Å². The Morgan fingerprint density at radius 2 is 2.00 bits per heavy atom. The third kappa shape index (κ3) is 3.81. The van der Waals surface area contributed by atoms with Crippen molar-refractivity contribution in [3.05, 3.63) is 42.0 Å². The van der Waals surface area contributed by atoms with E-state index in [-0.39, 0.29) is 25.0 Å². The molecule has 21 heavy (non-hydrogen) atoms. The van der Waals surface area contributed by atoms with Crippen molar-refractivity contribution in [2.24, 2.45) is 0 Å². The predicted molar refractivity (Wildman–Crippen MR) is 82.7 cm³/mol. The number of hydrogen-bond donors (Lipinski definition) is 1. The molecular formula is C17H19NO3. The lowest BCUT2D eigenvalue weighted by Crippen LogP contribution is -2.31. The molecule has 0 spiro atoms. The topological polar surface area (TPSA) is 55.4 Å². The fourth-order valence-corrected chi connectivity index (χ4v) is 2.17. The second kappa shape index (κ2) is 6.88. The average molecular weight is 285 g/mol. The first kappa shape index (κ1) is 15.0. The molecule has 0 aliphatic rings. The van der Waals surface area contributed by atoms with Gasteiger partial charge in [-0.15, -0.1) is 0 Å². The Bertz CT molecular complexity index is 650. The Balaban J connectivity index is 2.08. The number of hydrogen-bond acceptors (Lipinski definition) is 3. The Kier molecular flexibility index (Phi) is 4.93. The molecule has 1 amide bonds. The van der Waals surface area contributed by atoms with E-state index in [1.807, 2.05) is 44.2 Å². The van der Waals surface area contributed by atoms with Crippen LogP contribution in [0.3, 0.4) is 0 Å². The van der Waals surface area contributed by atoms with Crippen molar-refractivity contribution >= 4 is 23.0 Å². The van der Waals surface area contributed by atoms with Crippen LogP contribution in [0.4, 0.5) is 0 Å². The number of ether oxygens (including phenoxy) is 1. The third-order valence-corrected chi connectivity index (χ3v) is 3.08. The van der Waals surface area contributed by atoms with Gasteiger partial charge in [0.05, 0.1) is 18.6 Å². The molecular weight excluding hydrogens is 266 g/mol. The van der Waals surface area contributed by atoms with Gasteiger partial charge in [0.25, 0.3) is 0 Å². The van der Waals surface area contributed by atoms with Gasteiger partial charge in [-0.3, -0.25) is 9.59 Å². The summed E-state index contributed by atoms with van der Waals surface area (Å²) in [6.45, 7) is 4.07. The van der Waals surface area contributed by atoms with Gasteiger partial charge in [0.15, 0.2) is 6.29 Å². The molecule has 0 saturated heterocycles. The summed E-state index contributed by atoms with van der Waals surface area (Å²) in [5.41, 5.74) is 0.525. The summed E-state index contributed by atoms with van der Waals surface area (Å²) in [7, 11) is 0. The van der Waals surface area contributed by atoms with Gasteiger partial charge >= 0.3 is 0 Å². The van der Waals surface area contributed by atoms with Gasteiger partial charge in [-0.25, -0.2) is 0 Å². The van der Waals surface area contributed by atoms with E-state index in [0.29, 0.717) is 11.3 Å². The first-order valence-corrected chi connectivity index (χ1v) is 7.01. The molecule has 0 radical (unpaired) electrons. The summed E-state index contributed by atoms with van der Waals surface area (Å²) >= 11 is 0. The van der Waals surface area contributed by atoms with E-state index in [9.17, 15) is 9.59 Å². The summed E-state index contributed by atoms with van der Waals surface area (Å²) in [6, 6.07) is 11.4. The van der Waals surface area contributed by atoms with Crippen LogP contribution in [0.25, 0.3) is 10.8 Å². The highest BCUT2D eigenvalue weighted by Crippen LogP contribution is 2.26. The molecule has 110 valence electrons. The van der Waals surface area contributed by atoms with E-state index >= 15 is 0 Å². The summed E-state index contributed by atoms with van der Waals surface area (Å²) in [5.74, 6) is 0.458. The number of carbonyl (C=O) groups excluding carboxylic acids is 2. The van der Waals surface area contributed by atoms with E-state index < -0.39 is 0 Å². The molecule has 2 aromatic rings. The van der Waals surface area contributed by atoms with E-state index in [1.54, 1.807) is 6.07 Å². The number of nitrogens with one attached hydrogen (secondary N) is 1. The van der Waals surface area contributed by atoms with Crippen molar-refractivity contribution in [3.8, 4) is 5.75 Å². The Labute approximate surface area is 124 Å². The lowest BCUT2D eigenvalue weighted by atomic mass is 10.0. The highest BCUT2D eigenvalue weighted by atomic mass is 16.5. The Morgan fingerprint density at radius 1 is 1.24 bits per heavy atom. The van der Waals surface area contributed by atoms with E-state index in [4.69, 9.17) is 4.74 Å². The number of carbonyl (C=O) groups is 2. The van der Waals surface area contributed by atoms with Crippen LogP contribution in [0.5, 0.6) is 5.75 Å². The van der Waals surface area contributed by atoms with Gasteiger partial charge in [0.2, 0.25) is 5.91 Å². The molecule has 0 aromatic heterocycles. The first-order valence-electron chi connectivity index (χ1n) is 7.01. The van der Waals surface area contributed by atoms with E-state index in [1.165, 1.54) is 0 Å². The molecule has 0 saturated carbocycles. The van der Waals surface area contributed by atoms with Gasteiger partial charge in [-0.05, 0) is 30.7 Å². The van der Waals surface area contributed by atoms with Crippen LogP contribution < -0.4 is 10.1 Å². The lowest BCUT2D eigenvalue weighted by Gasteiger charge is -2.12. The largest absolute Gasteiger partial charge is 0.492 e. The van der Waals surface area contributed by atoms with E-state index in [0.717, 1.165) is 17.1 Å². The first-order chi connectivity index (χ1) is 10.1. The van der Waals surface area contributed by atoms with Crippen molar-refractivity contribution in [1.82, 2.24) is 5.32 Å². The second-order valence-corrected chi connectivity index (χ2v) is 5.14. The van der Waals surface area contributed by atoms with Crippen LogP contribution in [0.2, 0.25) is 0 Å². The number of benzene rings is 2. The van der Waals surface area contributed by atoms with Crippen LogP contribution in [0.1, 0.15) is 30.6 Å². The minimum absolute atomic E-state index is 0.0570. The van der Waals surface area contributed by atoms with Gasteiger partial charge in [0, 0.05) is 6.04 Å². The van der Waals surface area contributed by atoms with Crippen LogP contribution >= 0.6 is 0 Å². The maximum Gasteiger partial charge on any atom is 0.223 e. The second-order valence-electron chi connectivity index (χ2n) is 5.14. The molecule has 0 heterocycles. The predicted octanol–water partition coefficient (Wildman–Crippen LogP) is 2.95. The van der Waals surface area contributed by atoms with Gasteiger partial charge < -0.3 is 10.1 Å². The van der Waals surface area contributed by atoms with Crippen molar-refractivity contribution < 1.29 is 14.3 Å². The minimum Gasteiger partial charge on any atom is -0.492 e. The number of rotatable bonds is 6. The quantitative estimate of drug-likeness (QED) is 0.830. The van der Waals surface area contributed by atoms with Crippen molar-refractivity contribution in [2.45, 2.75) is 26.3 Å². The summed E-state index contributed by atoms with van der Waals surface area (Å²) in [6.07, 6.45) is 1.06. The highest BCUT2D eigenvalue weighted by molar-refractivity contribution is 6.00. The number of amides is 1. The zero-order valence-electron chi connectivity index (χ0n) is 12.3. The van der Waals surface area contributed by atoms with Crippen LogP contribution in [0, 0.1) is 0 Å². The molecule has 0 aliphatic heterocycles. The maximum absolute atomic E-state index is 11.5. The van der Waals surface area contributed by atoms with Gasteiger partial charge in [-0.2, -0.15) is 0 Å². The highest BCUT2D eigenvalue weighted by Gasteiger charge is 2.09. The number of fused-ring (bicyclic) bond motifs is 1. The molecule has 2 aromatic carbocycles. The van der Waals surface area contributed by atoms with Crippen molar-refractivity contribution in [1.29, 1.82) is 0 Å². The SMILES string of the molecule is CC(C)NC(=O)CCOc1ccc2ccccc2c1C=O. The molecule has 0 unspecified atom stereocenters. The smallest absolute Gasteiger partial charge is 0.223 e. The normalized spacial score (nSPS) is 10.6. The minimum atomic E-state index is -0.0570. The molecule has 2 rings (SSSR count). The molecule has 0 fully saturated rings. The molecule has 0 aliphatic carbocycles. The van der Waals surface area contributed by atoms with Crippen LogP contribution in [-0.2, 0) is 4.79 Å². The Hall–Kier alpha value is -2.36. The van der Waals surface area contributed by atoms with Crippen molar-refractivity contribution in [3.63, 3.8) is 0 Å². The Morgan fingerprint density at radius 3 is 2.71 bits per heavy atom. The summed E-state index contributed by atoms with van der Waals surface area (Å²) in [5, 5.41) is 4.65. The molecule has 1 N–H and O–H groups in total. The molecule has 0 bridgehead atoms.